The van der Waals surface area contributed by atoms with Crippen molar-refractivity contribution < 1.29 is 0 Å². The van der Waals surface area contributed by atoms with E-state index in [2.05, 4.69) is 185 Å². The number of rotatable bonds is 2. The Bertz CT molecular complexity index is 3120. The molecule has 3 aliphatic carbocycles. The Kier molecular flexibility index (Phi) is 5.74. The van der Waals surface area contributed by atoms with Gasteiger partial charge in [-0.2, -0.15) is 0 Å². The highest BCUT2D eigenvalue weighted by atomic mass is 14.4. The molecular formula is C54H38. The SMILES string of the molecule is CC1(C)c2ccccc2-c2ccc(-c3cc4c(c5ccccc35)-c3c(cc(-c5ccc6c7c(cccc57)-c5ccccc5-6)c5ccccc35)C4(C)C)cc21. The van der Waals surface area contributed by atoms with Gasteiger partial charge in [0, 0.05) is 10.8 Å². The van der Waals surface area contributed by atoms with E-state index in [1.807, 2.05) is 0 Å². The molecule has 0 aromatic heterocycles. The lowest BCUT2D eigenvalue weighted by Crippen LogP contribution is -2.16. The minimum absolute atomic E-state index is 0.0509. The van der Waals surface area contributed by atoms with E-state index in [0.29, 0.717) is 0 Å². The van der Waals surface area contributed by atoms with Crippen molar-refractivity contribution in [2.24, 2.45) is 0 Å². The summed E-state index contributed by atoms with van der Waals surface area (Å²) in [5, 5.41) is 7.99. The topological polar surface area (TPSA) is 0 Å². The third-order valence-corrected chi connectivity index (χ3v) is 13.4. The van der Waals surface area contributed by atoms with E-state index in [4.69, 9.17) is 0 Å². The molecule has 0 aliphatic heterocycles. The van der Waals surface area contributed by atoms with Crippen molar-refractivity contribution in [1.82, 2.24) is 0 Å². The van der Waals surface area contributed by atoms with Crippen LogP contribution in [0.15, 0.2) is 158 Å². The molecule has 0 bridgehead atoms. The van der Waals surface area contributed by atoms with E-state index in [1.165, 1.54) is 121 Å². The molecule has 0 heterocycles. The summed E-state index contributed by atoms with van der Waals surface area (Å²) in [5.74, 6) is 0. The Balaban J connectivity index is 1.11. The lowest BCUT2D eigenvalue weighted by atomic mass is 9.78. The van der Waals surface area contributed by atoms with Gasteiger partial charge in [-0.05, 0) is 140 Å². The highest BCUT2D eigenvalue weighted by Gasteiger charge is 2.40. The van der Waals surface area contributed by atoms with Gasteiger partial charge >= 0.3 is 0 Å². The Morgan fingerprint density at radius 1 is 0.278 bits per heavy atom. The van der Waals surface area contributed by atoms with Crippen LogP contribution in [0.4, 0.5) is 0 Å². The summed E-state index contributed by atoms with van der Waals surface area (Å²) < 4.78 is 0. The quantitative estimate of drug-likeness (QED) is 0.170. The summed E-state index contributed by atoms with van der Waals surface area (Å²) in [6.45, 7) is 9.65. The Labute approximate surface area is 316 Å². The highest BCUT2D eigenvalue weighted by Crippen LogP contribution is 2.58. The van der Waals surface area contributed by atoms with Crippen LogP contribution in [0.2, 0.25) is 0 Å². The van der Waals surface area contributed by atoms with Crippen LogP contribution >= 0.6 is 0 Å². The molecule has 54 heavy (non-hydrogen) atoms. The first-order valence-corrected chi connectivity index (χ1v) is 19.4. The molecule has 0 atom stereocenters. The molecular weight excluding hydrogens is 649 g/mol. The number of hydrogen-bond donors (Lipinski definition) is 0. The first kappa shape index (κ1) is 30.2. The summed E-state index contributed by atoms with van der Waals surface area (Å²) in [7, 11) is 0. The van der Waals surface area contributed by atoms with Crippen molar-refractivity contribution in [3.63, 3.8) is 0 Å². The number of fused-ring (bicyclic) bond motifs is 13. The van der Waals surface area contributed by atoms with E-state index >= 15 is 0 Å². The average Bonchev–Trinajstić information content (AvgIpc) is 3.75. The van der Waals surface area contributed by atoms with Crippen molar-refractivity contribution in [3.05, 3.63) is 180 Å². The molecule has 12 rings (SSSR count). The first-order valence-electron chi connectivity index (χ1n) is 19.4. The number of benzene rings is 9. The lowest BCUT2D eigenvalue weighted by Gasteiger charge is -2.25. The summed E-state index contributed by atoms with van der Waals surface area (Å²) in [5.41, 5.74) is 21.5. The lowest BCUT2D eigenvalue weighted by molar-refractivity contribution is 0.660. The molecule has 0 spiro atoms. The molecule has 0 saturated heterocycles. The maximum atomic E-state index is 2.55. The molecule has 0 heteroatoms. The second-order valence-electron chi connectivity index (χ2n) is 16.8. The van der Waals surface area contributed by atoms with Crippen molar-refractivity contribution in [2.75, 3.05) is 0 Å². The molecule has 0 unspecified atom stereocenters. The van der Waals surface area contributed by atoms with Gasteiger partial charge in [0.1, 0.15) is 0 Å². The summed E-state index contributed by atoms with van der Waals surface area (Å²) in [4.78, 5) is 0. The molecule has 0 radical (unpaired) electrons. The third kappa shape index (κ3) is 3.68. The maximum Gasteiger partial charge on any atom is 0.0159 e. The Morgan fingerprint density at radius 2 is 0.741 bits per heavy atom. The van der Waals surface area contributed by atoms with Gasteiger partial charge in [-0.25, -0.2) is 0 Å². The van der Waals surface area contributed by atoms with Gasteiger partial charge in [0.2, 0.25) is 0 Å². The molecule has 0 fully saturated rings. The summed E-state index contributed by atoms with van der Waals surface area (Å²) in [6, 6.07) is 60.0. The van der Waals surface area contributed by atoms with Crippen LogP contribution in [0.5, 0.6) is 0 Å². The minimum atomic E-state index is -0.209. The largest absolute Gasteiger partial charge is 0.0619 e. The molecule has 0 saturated carbocycles. The van der Waals surface area contributed by atoms with Crippen molar-refractivity contribution >= 4 is 32.3 Å². The van der Waals surface area contributed by atoms with E-state index in [1.54, 1.807) is 0 Å². The summed E-state index contributed by atoms with van der Waals surface area (Å²) in [6.07, 6.45) is 0. The smallest absolute Gasteiger partial charge is 0.0159 e. The van der Waals surface area contributed by atoms with Gasteiger partial charge in [0.15, 0.2) is 0 Å². The van der Waals surface area contributed by atoms with Gasteiger partial charge in [-0.3, -0.25) is 0 Å². The van der Waals surface area contributed by atoms with E-state index in [0.717, 1.165) is 0 Å². The molecule has 9 aromatic carbocycles. The minimum Gasteiger partial charge on any atom is -0.0619 e. The van der Waals surface area contributed by atoms with Gasteiger partial charge in [-0.1, -0.05) is 167 Å². The van der Waals surface area contributed by atoms with Crippen molar-refractivity contribution in [2.45, 2.75) is 38.5 Å². The fraction of sp³-hybridized carbons (Fsp3) is 0.111. The van der Waals surface area contributed by atoms with Crippen molar-refractivity contribution in [3.8, 4) is 66.8 Å². The summed E-state index contributed by atoms with van der Waals surface area (Å²) >= 11 is 0. The zero-order chi connectivity index (χ0) is 36.1. The van der Waals surface area contributed by atoms with Gasteiger partial charge < -0.3 is 0 Å². The fourth-order valence-corrected chi connectivity index (χ4v) is 10.8. The van der Waals surface area contributed by atoms with Crippen LogP contribution in [-0.4, -0.2) is 0 Å². The average molecular weight is 687 g/mol. The maximum absolute atomic E-state index is 2.55. The first-order chi connectivity index (χ1) is 26.3. The predicted molar refractivity (Wildman–Crippen MR) is 229 cm³/mol. The normalized spacial score (nSPS) is 15.0. The van der Waals surface area contributed by atoms with Crippen LogP contribution in [0.1, 0.15) is 49.9 Å². The van der Waals surface area contributed by atoms with Gasteiger partial charge in [-0.15, -0.1) is 0 Å². The monoisotopic (exact) mass is 686 g/mol. The van der Waals surface area contributed by atoms with Gasteiger partial charge in [0.05, 0.1) is 0 Å². The fourth-order valence-electron chi connectivity index (χ4n) is 10.8. The molecule has 9 aromatic rings. The second kappa shape index (κ2) is 10.2. The Morgan fingerprint density at radius 3 is 1.44 bits per heavy atom. The van der Waals surface area contributed by atoms with E-state index in [9.17, 15) is 0 Å². The molecule has 0 amide bonds. The zero-order valence-corrected chi connectivity index (χ0v) is 31.0. The number of hydrogen-bond acceptors (Lipinski definition) is 0. The van der Waals surface area contributed by atoms with Crippen LogP contribution in [0.3, 0.4) is 0 Å². The van der Waals surface area contributed by atoms with E-state index < -0.39 is 0 Å². The highest BCUT2D eigenvalue weighted by molar-refractivity contribution is 6.22. The predicted octanol–water partition coefficient (Wildman–Crippen LogP) is 14.7. The van der Waals surface area contributed by atoms with Crippen LogP contribution in [0.25, 0.3) is 99.1 Å². The van der Waals surface area contributed by atoms with Gasteiger partial charge in [0.25, 0.3) is 0 Å². The standard InChI is InChI=1S/C54H38/c1-53(2)46-23-12-11-18-37(46)38-25-24-31(28-47(38)53)44-29-48-51(41-19-9-7-16-34(41)44)52-42-20-10-8-17-35(42)45(30-49(52)54(48,3)4)36-26-27-43-33-15-6-5-14-32(33)39-21-13-22-40(36)50(39)43/h5-30H,1-4H3. The molecule has 0 nitrogen and oxygen atoms in total. The van der Waals surface area contributed by atoms with Crippen LogP contribution in [0, 0.1) is 0 Å². The van der Waals surface area contributed by atoms with Crippen LogP contribution in [-0.2, 0) is 10.8 Å². The van der Waals surface area contributed by atoms with E-state index in [-0.39, 0.29) is 10.8 Å². The molecule has 254 valence electrons. The molecule has 3 aliphatic rings. The van der Waals surface area contributed by atoms with Crippen LogP contribution < -0.4 is 0 Å². The molecule has 0 N–H and O–H groups in total. The Hall–Kier alpha value is -6.24. The zero-order valence-electron chi connectivity index (χ0n) is 31.0. The second-order valence-corrected chi connectivity index (χ2v) is 16.8. The van der Waals surface area contributed by atoms with Crippen molar-refractivity contribution in [1.29, 1.82) is 0 Å². The third-order valence-electron chi connectivity index (χ3n) is 13.4.